The van der Waals surface area contributed by atoms with Crippen LogP contribution in [0.3, 0.4) is 0 Å². The molecule has 0 saturated heterocycles. The highest BCUT2D eigenvalue weighted by molar-refractivity contribution is 6.06. The molecule has 2 amide bonds. The lowest BCUT2D eigenvalue weighted by Gasteiger charge is -2.13. The van der Waals surface area contributed by atoms with E-state index in [4.69, 9.17) is 0 Å². The first kappa shape index (κ1) is 20.3. The van der Waals surface area contributed by atoms with Crippen molar-refractivity contribution in [1.29, 1.82) is 0 Å². The lowest BCUT2D eigenvalue weighted by molar-refractivity contribution is 0.0950. The number of hydrogen-bond donors (Lipinski definition) is 2. The molecular weight excluding hydrogens is 362 g/mol. The van der Waals surface area contributed by atoms with Gasteiger partial charge in [-0.25, -0.2) is 0 Å². The quantitative estimate of drug-likeness (QED) is 0.677. The molecule has 0 aliphatic rings. The number of aromatic nitrogens is 1. The van der Waals surface area contributed by atoms with Gasteiger partial charge in [-0.15, -0.1) is 0 Å². The molecule has 2 aromatic carbocycles. The van der Waals surface area contributed by atoms with Crippen molar-refractivity contribution >= 4 is 17.5 Å². The molecule has 2 N–H and O–H groups in total. The van der Waals surface area contributed by atoms with Crippen molar-refractivity contribution in [2.45, 2.75) is 34.2 Å². The molecule has 0 bridgehead atoms. The Bertz CT molecular complexity index is 1030. The van der Waals surface area contributed by atoms with Gasteiger partial charge in [0.2, 0.25) is 0 Å². The SMILES string of the molecule is Cc1ccc(CNC(=O)c2cncc(C(=O)Nc3c(C)cc(C)cc3C)c2)cc1. The molecule has 1 heterocycles. The molecule has 0 atom stereocenters. The summed E-state index contributed by atoms with van der Waals surface area (Å²) in [6.07, 6.45) is 2.93. The summed E-state index contributed by atoms with van der Waals surface area (Å²) in [5.41, 5.74) is 6.79. The number of nitrogens with zero attached hydrogens (tertiary/aromatic N) is 1. The molecule has 0 saturated carbocycles. The lowest BCUT2D eigenvalue weighted by Crippen LogP contribution is -2.23. The van der Waals surface area contributed by atoms with Gasteiger partial charge in [0.25, 0.3) is 11.8 Å². The Morgan fingerprint density at radius 1 is 0.793 bits per heavy atom. The molecule has 0 aliphatic heterocycles. The smallest absolute Gasteiger partial charge is 0.257 e. The highest BCUT2D eigenvalue weighted by Gasteiger charge is 2.14. The summed E-state index contributed by atoms with van der Waals surface area (Å²) in [4.78, 5) is 29.3. The molecule has 0 radical (unpaired) electrons. The Kier molecular flexibility index (Phi) is 6.07. The third kappa shape index (κ3) is 5.08. The van der Waals surface area contributed by atoms with E-state index in [0.29, 0.717) is 17.7 Å². The van der Waals surface area contributed by atoms with Crippen LogP contribution in [0.5, 0.6) is 0 Å². The molecule has 1 aromatic heterocycles. The number of aryl methyl sites for hydroxylation is 4. The Morgan fingerprint density at radius 3 is 2.00 bits per heavy atom. The predicted octanol–water partition coefficient (Wildman–Crippen LogP) is 4.50. The standard InChI is InChI=1S/C24H25N3O2/c1-15-5-7-19(8-6-15)12-26-23(28)20-11-21(14-25-13-20)24(29)27-22-17(3)9-16(2)10-18(22)4/h5-11,13-14H,12H2,1-4H3,(H,26,28)(H,27,29). The van der Waals surface area contributed by atoms with Gasteiger partial charge in [-0.2, -0.15) is 0 Å². The number of nitrogens with one attached hydrogen (secondary N) is 2. The fraction of sp³-hybridized carbons (Fsp3) is 0.208. The highest BCUT2D eigenvalue weighted by Crippen LogP contribution is 2.22. The van der Waals surface area contributed by atoms with E-state index in [9.17, 15) is 9.59 Å². The van der Waals surface area contributed by atoms with Gasteiger partial charge in [0, 0.05) is 24.6 Å². The highest BCUT2D eigenvalue weighted by atomic mass is 16.2. The first-order chi connectivity index (χ1) is 13.8. The second-order valence-electron chi connectivity index (χ2n) is 7.36. The Hall–Kier alpha value is -3.47. The van der Waals surface area contributed by atoms with Crippen LogP contribution in [-0.2, 0) is 6.54 Å². The van der Waals surface area contributed by atoms with Gasteiger partial charge in [0.15, 0.2) is 0 Å². The monoisotopic (exact) mass is 387 g/mol. The molecule has 0 fully saturated rings. The average Bonchev–Trinajstić information content (AvgIpc) is 2.70. The minimum absolute atomic E-state index is 0.268. The summed E-state index contributed by atoms with van der Waals surface area (Å²) in [5, 5.41) is 5.80. The predicted molar refractivity (Wildman–Crippen MR) is 115 cm³/mol. The van der Waals surface area contributed by atoms with E-state index in [1.807, 2.05) is 64.1 Å². The maximum Gasteiger partial charge on any atom is 0.257 e. The number of hydrogen-bond acceptors (Lipinski definition) is 3. The van der Waals surface area contributed by atoms with Gasteiger partial charge in [0.1, 0.15) is 0 Å². The van der Waals surface area contributed by atoms with Crippen molar-refractivity contribution in [2.24, 2.45) is 0 Å². The van der Waals surface area contributed by atoms with Gasteiger partial charge in [0.05, 0.1) is 11.1 Å². The topological polar surface area (TPSA) is 71.1 Å². The van der Waals surface area contributed by atoms with E-state index in [-0.39, 0.29) is 11.8 Å². The molecule has 148 valence electrons. The zero-order valence-corrected chi connectivity index (χ0v) is 17.2. The van der Waals surface area contributed by atoms with Crippen molar-refractivity contribution in [1.82, 2.24) is 10.3 Å². The first-order valence-electron chi connectivity index (χ1n) is 9.51. The fourth-order valence-corrected chi connectivity index (χ4v) is 3.24. The molecule has 5 nitrogen and oxygen atoms in total. The van der Waals surface area contributed by atoms with Crippen LogP contribution in [0.2, 0.25) is 0 Å². The third-order valence-corrected chi connectivity index (χ3v) is 4.75. The summed E-state index contributed by atoms with van der Waals surface area (Å²) in [5.74, 6) is -0.559. The molecule has 0 aliphatic carbocycles. The minimum atomic E-state index is -0.291. The maximum absolute atomic E-state index is 12.7. The number of rotatable bonds is 5. The van der Waals surface area contributed by atoms with Gasteiger partial charge in [-0.3, -0.25) is 14.6 Å². The summed E-state index contributed by atoms with van der Waals surface area (Å²) >= 11 is 0. The largest absolute Gasteiger partial charge is 0.348 e. The van der Waals surface area contributed by atoms with Gasteiger partial charge in [-0.05, 0) is 50.5 Å². The number of anilines is 1. The van der Waals surface area contributed by atoms with Crippen molar-refractivity contribution in [2.75, 3.05) is 5.32 Å². The second kappa shape index (κ2) is 8.69. The van der Waals surface area contributed by atoms with E-state index in [1.54, 1.807) is 6.07 Å². The van der Waals surface area contributed by atoms with Crippen LogP contribution in [0, 0.1) is 27.7 Å². The van der Waals surface area contributed by atoms with E-state index in [0.717, 1.165) is 27.9 Å². The Morgan fingerprint density at radius 2 is 1.38 bits per heavy atom. The molecule has 0 spiro atoms. The second-order valence-corrected chi connectivity index (χ2v) is 7.36. The molecule has 5 heteroatoms. The van der Waals surface area contributed by atoms with Crippen LogP contribution in [-0.4, -0.2) is 16.8 Å². The molecule has 3 rings (SSSR count). The average molecular weight is 387 g/mol. The zero-order chi connectivity index (χ0) is 21.0. The van der Waals surface area contributed by atoms with Gasteiger partial charge in [-0.1, -0.05) is 47.5 Å². The molecule has 0 unspecified atom stereocenters. The fourth-order valence-electron chi connectivity index (χ4n) is 3.24. The molecule has 3 aromatic rings. The molecule has 29 heavy (non-hydrogen) atoms. The van der Waals surface area contributed by atoms with Crippen LogP contribution >= 0.6 is 0 Å². The Labute approximate surface area is 171 Å². The molecular formula is C24H25N3O2. The van der Waals surface area contributed by atoms with E-state index in [2.05, 4.69) is 15.6 Å². The normalized spacial score (nSPS) is 10.5. The summed E-state index contributed by atoms with van der Waals surface area (Å²) < 4.78 is 0. The zero-order valence-electron chi connectivity index (χ0n) is 17.2. The third-order valence-electron chi connectivity index (χ3n) is 4.75. The number of amides is 2. The van der Waals surface area contributed by atoms with Crippen LogP contribution < -0.4 is 10.6 Å². The summed E-state index contributed by atoms with van der Waals surface area (Å²) in [6.45, 7) is 8.38. The van der Waals surface area contributed by atoms with Gasteiger partial charge >= 0.3 is 0 Å². The van der Waals surface area contributed by atoms with E-state index < -0.39 is 0 Å². The van der Waals surface area contributed by atoms with Crippen LogP contribution in [0.4, 0.5) is 5.69 Å². The number of carbonyl (C=O) groups is 2. The van der Waals surface area contributed by atoms with Crippen LogP contribution in [0.25, 0.3) is 0 Å². The van der Waals surface area contributed by atoms with Crippen molar-refractivity contribution in [3.05, 3.63) is 93.8 Å². The maximum atomic E-state index is 12.7. The number of pyridine rings is 1. The summed E-state index contributed by atoms with van der Waals surface area (Å²) in [7, 11) is 0. The van der Waals surface area contributed by atoms with E-state index >= 15 is 0 Å². The lowest BCUT2D eigenvalue weighted by atomic mass is 10.0. The van der Waals surface area contributed by atoms with Crippen LogP contribution in [0.1, 0.15) is 48.5 Å². The van der Waals surface area contributed by atoms with Gasteiger partial charge < -0.3 is 10.6 Å². The van der Waals surface area contributed by atoms with E-state index in [1.165, 1.54) is 18.0 Å². The van der Waals surface area contributed by atoms with Crippen molar-refractivity contribution in [3.8, 4) is 0 Å². The number of carbonyl (C=O) groups excluding carboxylic acids is 2. The van der Waals surface area contributed by atoms with Crippen LogP contribution in [0.15, 0.2) is 54.9 Å². The minimum Gasteiger partial charge on any atom is -0.348 e. The van der Waals surface area contributed by atoms with Crippen molar-refractivity contribution in [3.63, 3.8) is 0 Å². The summed E-state index contributed by atoms with van der Waals surface area (Å²) in [6, 6.07) is 13.6. The number of benzene rings is 2. The van der Waals surface area contributed by atoms with Crippen molar-refractivity contribution < 1.29 is 9.59 Å². The Balaban J connectivity index is 1.70. The first-order valence-corrected chi connectivity index (χ1v) is 9.51.